The van der Waals surface area contributed by atoms with E-state index in [-0.39, 0.29) is 12.0 Å². The van der Waals surface area contributed by atoms with Gasteiger partial charge in [-0.3, -0.25) is 4.79 Å². The van der Waals surface area contributed by atoms with Gasteiger partial charge >= 0.3 is 0 Å². The zero-order valence-electron chi connectivity index (χ0n) is 5.98. The number of rotatable bonds is 0. The fraction of sp³-hybridized carbons (Fsp3) is 0.857. The largest absolute Gasteiger partial charge is 0.308 e. The van der Waals surface area contributed by atoms with Crippen LogP contribution in [0.3, 0.4) is 0 Å². The van der Waals surface area contributed by atoms with Crippen molar-refractivity contribution in [1.82, 2.24) is 5.32 Å². The van der Waals surface area contributed by atoms with E-state index in [0.29, 0.717) is 5.78 Å². The van der Waals surface area contributed by atoms with Gasteiger partial charge in [0.2, 0.25) is 0 Å². The Morgan fingerprint density at radius 1 is 1.56 bits per heavy atom. The number of carbonyl (C=O) groups excluding carboxylic acids is 1. The molecule has 1 aliphatic rings. The molecule has 0 spiro atoms. The molecule has 1 N–H and O–H groups in total. The van der Waals surface area contributed by atoms with Crippen molar-refractivity contribution in [3.05, 3.63) is 0 Å². The van der Waals surface area contributed by atoms with E-state index >= 15 is 0 Å². The Hall–Kier alpha value is -0.370. The molecule has 2 unspecified atom stereocenters. The molecule has 0 aromatic rings. The molecule has 52 valence electrons. The van der Waals surface area contributed by atoms with Gasteiger partial charge in [-0.15, -0.1) is 0 Å². The van der Waals surface area contributed by atoms with Gasteiger partial charge in [0.05, 0.1) is 6.04 Å². The standard InChI is InChI=1S/C7H13NO/c1-5-3-4-8-6(2)7(5)9/h5-6,8H,3-4H2,1-2H3. The SMILES string of the molecule is CC1CCNC(C)C1=O. The second-order valence-corrected chi connectivity index (χ2v) is 2.77. The van der Waals surface area contributed by atoms with Crippen molar-refractivity contribution < 1.29 is 4.79 Å². The third-order valence-electron chi connectivity index (χ3n) is 1.94. The van der Waals surface area contributed by atoms with Crippen LogP contribution < -0.4 is 5.32 Å². The van der Waals surface area contributed by atoms with E-state index in [0.717, 1.165) is 13.0 Å². The van der Waals surface area contributed by atoms with Gasteiger partial charge in [0, 0.05) is 5.92 Å². The summed E-state index contributed by atoms with van der Waals surface area (Å²) in [6, 6.07) is 0.0914. The number of carbonyl (C=O) groups is 1. The maximum absolute atomic E-state index is 11.1. The van der Waals surface area contributed by atoms with E-state index in [1.165, 1.54) is 0 Å². The van der Waals surface area contributed by atoms with Crippen molar-refractivity contribution in [2.75, 3.05) is 6.54 Å². The van der Waals surface area contributed by atoms with Crippen LogP contribution in [0.1, 0.15) is 20.3 Å². The molecule has 1 aliphatic heterocycles. The fourth-order valence-corrected chi connectivity index (χ4v) is 1.19. The molecule has 2 heteroatoms. The highest BCUT2D eigenvalue weighted by Gasteiger charge is 2.23. The quantitative estimate of drug-likeness (QED) is 0.515. The Balaban J connectivity index is 2.52. The summed E-state index contributed by atoms with van der Waals surface area (Å²) in [7, 11) is 0. The van der Waals surface area contributed by atoms with Gasteiger partial charge in [-0.25, -0.2) is 0 Å². The lowest BCUT2D eigenvalue weighted by atomic mass is 9.94. The van der Waals surface area contributed by atoms with Crippen LogP contribution in [0.2, 0.25) is 0 Å². The predicted octanol–water partition coefficient (Wildman–Crippen LogP) is 0.573. The second kappa shape index (κ2) is 2.48. The van der Waals surface area contributed by atoms with Crippen LogP contribution in [-0.2, 0) is 4.79 Å². The topological polar surface area (TPSA) is 29.1 Å². The van der Waals surface area contributed by atoms with E-state index in [4.69, 9.17) is 0 Å². The molecule has 0 saturated carbocycles. The molecule has 9 heavy (non-hydrogen) atoms. The van der Waals surface area contributed by atoms with Gasteiger partial charge in [-0.1, -0.05) is 6.92 Å². The van der Waals surface area contributed by atoms with E-state index in [1.54, 1.807) is 0 Å². The molecular weight excluding hydrogens is 114 g/mol. The van der Waals surface area contributed by atoms with E-state index in [1.807, 2.05) is 13.8 Å². The van der Waals surface area contributed by atoms with Crippen LogP contribution in [0.25, 0.3) is 0 Å². The third kappa shape index (κ3) is 1.30. The van der Waals surface area contributed by atoms with Gasteiger partial charge in [-0.05, 0) is 19.9 Å². The lowest BCUT2D eigenvalue weighted by Gasteiger charge is -2.23. The fourth-order valence-electron chi connectivity index (χ4n) is 1.19. The van der Waals surface area contributed by atoms with Crippen LogP contribution >= 0.6 is 0 Å². The number of piperidine rings is 1. The summed E-state index contributed by atoms with van der Waals surface area (Å²) in [6.07, 6.45) is 1.00. The molecule has 2 nitrogen and oxygen atoms in total. The Morgan fingerprint density at radius 3 is 2.67 bits per heavy atom. The lowest BCUT2D eigenvalue weighted by molar-refractivity contribution is -0.125. The van der Waals surface area contributed by atoms with Crippen LogP contribution in [-0.4, -0.2) is 18.4 Å². The monoisotopic (exact) mass is 127 g/mol. The minimum Gasteiger partial charge on any atom is -0.308 e. The predicted molar refractivity (Wildman–Crippen MR) is 36.3 cm³/mol. The van der Waals surface area contributed by atoms with Crippen molar-refractivity contribution in [2.24, 2.45) is 5.92 Å². The van der Waals surface area contributed by atoms with Crippen molar-refractivity contribution in [1.29, 1.82) is 0 Å². The van der Waals surface area contributed by atoms with Gasteiger partial charge in [0.15, 0.2) is 5.78 Å². The van der Waals surface area contributed by atoms with Crippen molar-refractivity contribution in [3.8, 4) is 0 Å². The number of hydrogen-bond donors (Lipinski definition) is 1. The first-order valence-electron chi connectivity index (χ1n) is 3.49. The number of hydrogen-bond acceptors (Lipinski definition) is 2. The molecule has 1 rings (SSSR count). The smallest absolute Gasteiger partial charge is 0.152 e. The Bertz CT molecular complexity index is 110. The summed E-state index contributed by atoms with van der Waals surface area (Å²) in [5, 5.41) is 3.11. The molecule has 1 fully saturated rings. The number of ketones is 1. The highest BCUT2D eigenvalue weighted by molar-refractivity contribution is 5.86. The van der Waals surface area contributed by atoms with Crippen molar-refractivity contribution >= 4 is 5.78 Å². The third-order valence-corrected chi connectivity index (χ3v) is 1.94. The van der Waals surface area contributed by atoms with Gasteiger partial charge in [0.1, 0.15) is 0 Å². The Morgan fingerprint density at radius 2 is 2.22 bits per heavy atom. The van der Waals surface area contributed by atoms with Crippen LogP contribution in [0.15, 0.2) is 0 Å². The minimum absolute atomic E-state index is 0.0914. The molecule has 0 aromatic carbocycles. The van der Waals surface area contributed by atoms with Gasteiger partial charge in [0.25, 0.3) is 0 Å². The van der Waals surface area contributed by atoms with E-state index in [9.17, 15) is 4.79 Å². The Kier molecular flexibility index (Phi) is 1.86. The maximum atomic E-state index is 11.1. The van der Waals surface area contributed by atoms with E-state index in [2.05, 4.69) is 5.32 Å². The molecule has 1 saturated heterocycles. The highest BCUT2D eigenvalue weighted by Crippen LogP contribution is 2.09. The first kappa shape index (κ1) is 6.75. The summed E-state index contributed by atoms with van der Waals surface area (Å²) in [6.45, 7) is 4.92. The summed E-state index contributed by atoms with van der Waals surface area (Å²) in [4.78, 5) is 11.1. The molecule has 0 bridgehead atoms. The normalized spacial score (nSPS) is 36.9. The summed E-state index contributed by atoms with van der Waals surface area (Å²) in [5.41, 5.74) is 0. The molecule has 0 aromatic heterocycles. The van der Waals surface area contributed by atoms with Gasteiger partial charge in [-0.2, -0.15) is 0 Å². The van der Waals surface area contributed by atoms with Gasteiger partial charge < -0.3 is 5.32 Å². The second-order valence-electron chi connectivity index (χ2n) is 2.77. The Labute approximate surface area is 55.6 Å². The van der Waals surface area contributed by atoms with Crippen LogP contribution in [0.5, 0.6) is 0 Å². The first-order valence-corrected chi connectivity index (χ1v) is 3.49. The average Bonchev–Trinajstić information content (AvgIpc) is 1.83. The minimum atomic E-state index is 0.0914. The molecule has 0 aliphatic carbocycles. The molecule has 0 radical (unpaired) electrons. The zero-order chi connectivity index (χ0) is 6.85. The van der Waals surface area contributed by atoms with E-state index < -0.39 is 0 Å². The number of Topliss-reactive ketones (excluding diaryl/α,β-unsaturated/α-hetero) is 1. The van der Waals surface area contributed by atoms with Crippen molar-refractivity contribution in [3.63, 3.8) is 0 Å². The molecule has 0 amide bonds. The maximum Gasteiger partial charge on any atom is 0.152 e. The molecular formula is C7H13NO. The summed E-state index contributed by atoms with van der Waals surface area (Å²) >= 11 is 0. The average molecular weight is 127 g/mol. The highest BCUT2D eigenvalue weighted by atomic mass is 16.1. The summed E-state index contributed by atoms with van der Waals surface area (Å²) < 4.78 is 0. The number of nitrogens with one attached hydrogen (secondary N) is 1. The zero-order valence-corrected chi connectivity index (χ0v) is 5.98. The summed E-state index contributed by atoms with van der Waals surface area (Å²) in [5.74, 6) is 0.641. The molecule has 2 atom stereocenters. The molecule has 1 heterocycles. The van der Waals surface area contributed by atoms with Crippen LogP contribution in [0, 0.1) is 5.92 Å². The lowest BCUT2D eigenvalue weighted by Crippen LogP contribution is -2.43. The van der Waals surface area contributed by atoms with Crippen LogP contribution in [0.4, 0.5) is 0 Å². The van der Waals surface area contributed by atoms with Crippen molar-refractivity contribution in [2.45, 2.75) is 26.3 Å². The first-order chi connectivity index (χ1) is 4.22.